The van der Waals surface area contributed by atoms with Crippen molar-refractivity contribution in [1.29, 1.82) is 0 Å². The van der Waals surface area contributed by atoms with Gasteiger partial charge in [-0.1, -0.05) is 18.2 Å². The fraction of sp³-hybridized carbons (Fsp3) is 0.529. The van der Waals surface area contributed by atoms with Crippen molar-refractivity contribution in [2.75, 3.05) is 13.1 Å². The van der Waals surface area contributed by atoms with Gasteiger partial charge in [-0.2, -0.15) is 0 Å². The number of hydrogen-bond donors (Lipinski definition) is 1. The molecule has 1 N–H and O–H groups in total. The molecule has 0 aliphatic carbocycles. The Morgan fingerprint density at radius 1 is 1.29 bits per heavy atom. The molecular formula is C17H23NO3. The summed E-state index contributed by atoms with van der Waals surface area (Å²) in [5, 5.41) is 8.88. The highest BCUT2D eigenvalue weighted by Gasteiger charge is 2.25. The van der Waals surface area contributed by atoms with Gasteiger partial charge in [0.1, 0.15) is 0 Å². The van der Waals surface area contributed by atoms with E-state index in [0.29, 0.717) is 13.0 Å². The van der Waals surface area contributed by atoms with Crippen LogP contribution in [0.25, 0.3) is 0 Å². The smallest absolute Gasteiger partial charge is 0.303 e. The molecule has 1 aliphatic heterocycles. The molecule has 4 heteroatoms. The van der Waals surface area contributed by atoms with Crippen molar-refractivity contribution in [3.05, 3.63) is 34.9 Å². The summed E-state index contributed by atoms with van der Waals surface area (Å²) in [6.07, 6.45) is 2.37. The van der Waals surface area contributed by atoms with Crippen LogP contribution in [0.4, 0.5) is 0 Å². The van der Waals surface area contributed by atoms with Crippen LogP contribution in [0, 0.1) is 19.8 Å². The van der Waals surface area contributed by atoms with Crippen LogP contribution in [0.2, 0.25) is 0 Å². The normalized spacial score (nSPS) is 18.6. The van der Waals surface area contributed by atoms with Gasteiger partial charge in [-0.15, -0.1) is 0 Å². The van der Waals surface area contributed by atoms with Gasteiger partial charge >= 0.3 is 5.97 Å². The van der Waals surface area contributed by atoms with E-state index in [2.05, 4.69) is 13.0 Å². The van der Waals surface area contributed by atoms with Gasteiger partial charge in [-0.3, -0.25) is 9.59 Å². The van der Waals surface area contributed by atoms with Crippen molar-refractivity contribution in [3.8, 4) is 0 Å². The zero-order valence-electron chi connectivity index (χ0n) is 12.8. The first-order valence-electron chi connectivity index (χ1n) is 7.51. The second-order valence-corrected chi connectivity index (χ2v) is 6.04. The fourth-order valence-electron chi connectivity index (χ4n) is 2.91. The molecule has 0 saturated carbocycles. The van der Waals surface area contributed by atoms with Crippen LogP contribution in [0.5, 0.6) is 0 Å². The van der Waals surface area contributed by atoms with Crippen LogP contribution in [0.3, 0.4) is 0 Å². The molecule has 114 valence electrons. The number of rotatable bonds is 4. The lowest BCUT2D eigenvalue weighted by atomic mass is 9.94. The number of carbonyl (C=O) groups excluding carboxylic acids is 1. The Morgan fingerprint density at radius 2 is 2.05 bits per heavy atom. The molecule has 1 fully saturated rings. The predicted octanol–water partition coefficient (Wildman–Crippen LogP) is 2.56. The van der Waals surface area contributed by atoms with Crippen LogP contribution in [0.15, 0.2) is 18.2 Å². The molecule has 0 radical (unpaired) electrons. The van der Waals surface area contributed by atoms with Gasteiger partial charge in [0.05, 0.1) is 6.42 Å². The minimum atomic E-state index is -0.775. The van der Waals surface area contributed by atoms with Crippen LogP contribution < -0.4 is 0 Å². The molecule has 1 atom stereocenters. The lowest BCUT2D eigenvalue weighted by Gasteiger charge is -2.32. The molecule has 1 aliphatic rings. The van der Waals surface area contributed by atoms with Crippen molar-refractivity contribution in [2.45, 2.75) is 39.5 Å². The van der Waals surface area contributed by atoms with Crippen molar-refractivity contribution >= 4 is 11.9 Å². The number of amides is 1. The Hall–Kier alpha value is -1.84. The fourth-order valence-corrected chi connectivity index (χ4v) is 2.91. The Morgan fingerprint density at radius 3 is 2.71 bits per heavy atom. The molecular weight excluding hydrogens is 266 g/mol. The number of carboxylic acids is 1. The average Bonchev–Trinajstić information content (AvgIpc) is 2.42. The predicted molar refractivity (Wildman–Crippen MR) is 81.2 cm³/mol. The van der Waals surface area contributed by atoms with Crippen molar-refractivity contribution in [3.63, 3.8) is 0 Å². The summed E-state index contributed by atoms with van der Waals surface area (Å²) in [5.41, 5.74) is 3.46. The number of aryl methyl sites for hydroxylation is 2. The highest BCUT2D eigenvalue weighted by atomic mass is 16.4. The molecule has 1 heterocycles. The Balaban J connectivity index is 1.96. The largest absolute Gasteiger partial charge is 0.481 e. The summed E-state index contributed by atoms with van der Waals surface area (Å²) in [7, 11) is 0. The number of likely N-dealkylation sites (tertiary alicyclic amines) is 1. The maximum Gasteiger partial charge on any atom is 0.303 e. The zero-order chi connectivity index (χ0) is 15.4. The molecule has 2 rings (SSSR count). The Bertz CT molecular complexity index is 539. The van der Waals surface area contributed by atoms with Gasteiger partial charge in [0.25, 0.3) is 0 Å². The molecule has 0 spiro atoms. The van der Waals surface area contributed by atoms with Gasteiger partial charge in [0, 0.05) is 19.5 Å². The average molecular weight is 289 g/mol. The van der Waals surface area contributed by atoms with Crippen LogP contribution in [-0.2, 0) is 16.0 Å². The molecule has 1 amide bonds. The maximum atomic E-state index is 12.4. The summed E-state index contributed by atoms with van der Waals surface area (Å²) in [6, 6.07) is 6.10. The van der Waals surface area contributed by atoms with Crippen LogP contribution in [-0.4, -0.2) is 35.0 Å². The molecule has 1 aromatic carbocycles. The maximum absolute atomic E-state index is 12.4. The van der Waals surface area contributed by atoms with E-state index in [1.54, 1.807) is 0 Å². The third kappa shape index (κ3) is 4.31. The van der Waals surface area contributed by atoms with Gasteiger partial charge in [0.15, 0.2) is 0 Å². The Labute approximate surface area is 125 Å². The second kappa shape index (κ2) is 6.74. The summed E-state index contributed by atoms with van der Waals surface area (Å²) in [6.45, 7) is 5.44. The van der Waals surface area contributed by atoms with Crippen molar-refractivity contribution in [1.82, 2.24) is 4.90 Å². The van der Waals surface area contributed by atoms with E-state index in [-0.39, 0.29) is 18.2 Å². The highest BCUT2D eigenvalue weighted by Crippen LogP contribution is 2.20. The van der Waals surface area contributed by atoms with E-state index in [0.717, 1.165) is 24.9 Å². The zero-order valence-corrected chi connectivity index (χ0v) is 12.8. The molecule has 1 saturated heterocycles. The SMILES string of the molecule is Cc1ccc(CC(=O)N2CCCC(CC(=O)O)C2)cc1C. The van der Waals surface area contributed by atoms with Gasteiger partial charge < -0.3 is 10.0 Å². The standard InChI is InChI=1S/C17H23NO3/c1-12-5-6-14(8-13(12)2)9-16(19)18-7-3-4-15(11-18)10-17(20)21/h5-6,8,15H,3-4,7,9-11H2,1-2H3,(H,20,21). The minimum absolute atomic E-state index is 0.0972. The van der Waals surface area contributed by atoms with Gasteiger partial charge in [-0.25, -0.2) is 0 Å². The quantitative estimate of drug-likeness (QED) is 0.926. The second-order valence-electron chi connectivity index (χ2n) is 6.04. The molecule has 0 bridgehead atoms. The molecule has 1 aromatic rings. The summed E-state index contributed by atoms with van der Waals surface area (Å²) in [4.78, 5) is 25.0. The number of piperidine rings is 1. The minimum Gasteiger partial charge on any atom is -0.481 e. The molecule has 1 unspecified atom stereocenters. The number of benzene rings is 1. The van der Waals surface area contributed by atoms with E-state index in [4.69, 9.17) is 5.11 Å². The lowest BCUT2D eigenvalue weighted by Crippen LogP contribution is -2.41. The summed E-state index contributed by atoms with van der Waals surface area (Å²) < 4.78 is 0. The number of nitrogens with zero attached hydrogens (tertiary/aromatic N) is 1. The topological polar surface area (TPSA) is 57.6 Å². The lowest BCUT2D eigenvalue weighted by molar-refractivity contribution is -0.140. The van der Waals surface area contributed by atoms with E-state index in [9.17, 15) is 9.59 Å². The number of hydrogen-bond acceptors (Lipinski definition) is 2. The molecule has 0 aromatic heterocycles. The highest BCUT2D eigenvalue weighted by molar-refractivity contribution is 5.79. The van der Waals surface area contributed by atoms with E-state index >= 15 is 0 Å². The Kier molecular flexibility index (Phi) is 4.99. The first-order valence-corrected chi connectivity index (χ1v) is 7.51. The molecule has 4 nitrogen and oxygen atoms in total. The van der Waals surface area contributed by atoms with Crippen molar-refractivity contribution < 1.29 is 14.7 Å². The monoisotopic (exact) mass is 289 g/mol. The first kappa shape index (κ1) is 15.5. The van der Waals surface area contributed by atoms with Crippen molar-refractivity contribution in [2.24, 2.45) is 5.92 Å². The summed E-state index contributed by atoms with van der Waals surface area (Å²) >= 11 is 0. The summed E-state index contributed by atoms with van der Waals surface area (Å²) in [5.74, 6) is -0.572. The van der Waals surface area contributed by atoms with Crippen LogP contribution in [0.1, 0.15) is 36.0 Å². The first-order chi connectivity index (χ1) is 9.95. The van der Waals surface area contributed by atoms with E-state index in [1.807, 2.05) is 24.0 Å². The third-order valence-electron chi connectivity index (χ3n) is 4.26. The number of carbonyl (C=O) groups is 2. The van der Waals surface area contributed by atoms with E-state index in [1.165, 1.54) is 11.1 Å². The van der Waals surface area contributed by atoms with Gasteiger partial charge in [-0.05, 0) is 49.3 Å². The number of carboxylic acid groups (broad SMARTS) is 1. The molecule has 21 heavy (non-hydrogen) atoms. The number of aliphatic carboxylic acids is 1. The van der Waals surface area contributed by atoms with Gasteiger partial charge in [0.2, 0.25) is 5.91 Å². The van der Waals surface area contributed by atoms with E-state index < -0.39 is 5.97 Å². The third-order valence-corrected chi connectivity index (χ3v) is 4.26. The van der Waals surface area contributed by atoms with Crippen LogP contribution >= 0.6 is 0 Å².